The van der Waals surface area contributed by atoms with Gasteiger partial charge in [0.15, 0.2) is 0 Å². The highest BCUT2D eigenvalue weighted by Gasteiger charge is 2.26. The number of aliphatic hydroxyl groups excluding tert-OH is 1. The summed E-state index contributed by atoms with van der Waals surface area (Å²) in [4.78, 5) is 27.9. The van der Waals surface area contributed by atoms with Gasteiger partial charge in [0.2, 0.25) is 5.91 Å². The zero-order valence-electron chi connectivity index (χ0n) is 23.4. The number of nitrogens with zero attached hydrogens (tertiary/aromatic N) is 1. The van der Waals surface area contributed by atoms with Gasteiger partial charge in [-0.3, -0.25) is 9.59 Å². The molecule has 1 aliphatic carbocycles. The Labute approximate surface area is 233 Å². The van der Waals surface area contributed by atoms with Crippen molar-refractivity contribution in [2.75, 3.05) is 24.6 Å². The molecule has 0 spiro atoms. The number of hydrogen-bond acceptors (Lipinski definition) is 5. The fourth-order valence-corrected chi connectivity index (χ4v) is 5.56. The van der Waals surface area contributed by atoms with Crippen molar-refractivity contribution >= 4 is 17.5 Å². The van der Waals surface area contributed by atoms with Crippen LogP contribution in [-0.2, 0) is 11.2 Å². The number of anilines is 1. The first-order valence-corrected chi connectivity index (χ1v) is 14.9. The van der Waals surface area contributed by atoms with Crippen LogP contribution in [0, 0.1) is 0 Å². The van der Waals surface area contributed by atoms with Gasteiger partial charge in [-0.1, -0.05) is 69.4 Å². The summed E-state index contributed by atoms with van der Waals surface area (Å²) in [5.41, 5.74) is 2.17. The summed E-state index contributed by atoms with van der Waals surface area (Å²) in [5, 5.41) is 17.9. The lowest BCUT2D eigenvalue weighted by Gasteiger charge is -2.28. The number of carbonyl (C=O) groups excluding carboxylic acids is 2. The Balaban J connectivity index is 1.50. The van der Waals surface area contributed by atoms with Crippen LogP contribution in [0.3, 0.4) is 0 Å². The molecule has 1 saturated carbocycles. The lowest BCUT2D eigenvalue weighted by molar-refractivity contribution is -0.117. The van der Waals surface area contributed by atoms with Gasteiger partial charge in [0, 0.05) is 42.9 Å². The second kappa shape index (κ2) is 15.0. The number of carbonyl (C=O) groups is 2. The molecule has 2 amide bonds. The van der Waals surface area contributed by atoms with E-state index < -0.39 is 12.1 Å². The molecular formula is C32H45N3O4. The topological polar surface area (TPSA) is 90.9 Å². The summed E-state index contributed by atoms with van der Waals surface area (Å²) in [5.74, 6) is 0.378. The Bertz CT molecular complexity index is 1050. The smallest absolute Gasteiger partial charge is 0.251 e. The van der Waals surface area contributed by atoms with Crippen molar-refractivity contribution in [1.29, 1.82) is 0 Å². The molecule has 2 atom stereocenters. The van der Waals surface area contributed by atoms with Crippen LogP contribution < -0.4 is 20.3 Å². The molecule has 1 heterocycles. The van der Waals surface area contributed by atoms with Gasteiger partial charge in [0.1, 0.15) is 5.75 Å². The van der Waals surface area contributed by atoms with Crippen LogP contribution in [-0.4, -0.2) is 54.8 Å². The summed E-state index contributed by atoms with van der Waals surface area (Å²) in [6.07, 6.45) is 10.2. The molecule has 0 aromatic heterocycles. The Hall–Kier alpha value is -2.90. The van der Waals surface area contributed by atoms with Crippen molar-refractivity contribution in [2.45, 2.75) is 95.7 Å². The number of amides is 2. The van der Waals surface area contributed by atoms with E-state index in [1.165, 1.54) is 19.3 Å². The van der Waals surface area contributed by atoms with Gasteiger partial charge in [0.25, 0.3) is 5.91 Å². The highest BCUT2D eigenvalue weighted by Crippen LogP contribution is 2.28. The second-order valence-electron chi connectivity index (χ2n) is 11.0. The van der Waals surface area contributed by atoms with E-state index in [0.29, 0.717) is 55.6 Å². The lowest BCUT2D eigenvalue weighted by atomic mass is 9.95. The number of benzene rings is 2. The Morgan fingerprint density at radius 2 is 1.87 bits per heavy atom. The molecule has 2 aromatic rings. The standard InChI is InChI=1S/C32H45N3O4/c1-2-3-10-18-39-28-21-25(20-27(22-28)35-17-11-16-31(35)37)32(38)34-29(19-24-12-6-4-7-13-24)30(36)23-33-26-14-8-5-9-15-26/h4,6-7,12-13,20-22,26,29-30,33,36H,2-3,5,8-11,14-19,23H2,1H3,(H,34,38). The van der Waals surface area contributed by atoms with E-state index in [0.717, 1.165) is 44.1 Å². The molecule has 3 N–H and O–H groups in total. The summed E-state index contributed by atoms with van der Waals surface area (Å²) < 4.78 is 6.01. The van der Waals surface area contributed by atoms with Gasteiger partial charge in [-0.2, -0.15) is 0 Å². The van der Waals surface area contributed by atoms with Crippen LogP contribution in [0.4, 0.5) is 5.69 Å². The number of hydrogen-bond donors (Lipinski definition) is 3. The first-order chi connectivity index (χ1) is 19.0. The highest BCUT2D eigenvalue weighted by molar-refractivity contribution is 5.99. The minimum Gasteiger partial charge on any atom is -0.493 e. The molecular weight excluding hydrogens is 490 g/mol. The maximum Gasteiger partial charge on any atom is 0.251 e. The van der Waals surface area contributed by atoms with Crippen LogP contribution in [0.2, 0.25) is 0 Å². The predicted molar refractivity (Wildman–Crippen MR) is 155 cm³/mol. The molecule has 2 aliphatic rings. The van der Waals surface area contributed by atoms with Gasteiger partial charge in [-0.05, 0) is 49.8 Å². The second-order valence-corrected chi connectivity index (χ2v) is 11.0. The number of aliphatic hydroxyl groups is 1. The molecule has 1 saturated heterocycles. The molecule has 1 aliphatic heterocycles. The van der Waals surface area contributed by atoms with E-state index in [4.69, 9.17) is 4.74 Å². The maximum absolute atomic E-state index is 13.6. The van der Waals surface area contributed by atoms with Crippen LogP contribution in [0.1, 0.15) is 87.1 Å². The van der Waals surface area contributed by atoms with Crippen LogP contribution >= 0.6 is 0 Å². The van der Waals surface area contributed by atoms with Gasteiger partial charge < -0.3 is 25.4 Å². The van der Waals surface area contributed by atoms with Crippen molar-refractivity contribution < 1.29 is 19.4 Å². The van der Waals surface area contributed by atoms with Crippen LogP contribution in [0.5, 0.6) is 5.75 Å². The monoisotopic (exact) mass is 535 g/mol. The van der Waals surface area contributed by atoms with E-state index >= 15 is 0 Å². The fourth-order valence-electron chi connectivity index (χ4n) is 5.56. The molecule has 212 valence electrons. The summed E-state index contributed by atoms with van der Waals surface area (Å²) in [6.45, 7) is 3.78. The average molecular weight is 536 g/mol. The van der Waals surface area contributed by atoms with Crippen LogP contribution in [0.25, 0.3) is 0 Å². The highest BCUT2D eigenvalue weighted by atomic mass is 16.5. The van der Waals surface area contributed by atoms with E-state index in [1.54, 1.807) is 17.0 Å². The van der Waals surface area contributed by atoms with E-state index in [1.807, 2.05) is 36.4 Å². The van der Waals surface area contributed by atoms with Gasteiger partial charge in [-0.25, -0.2) is 0 Å². The van der Waals surface area contributed by atoms with Crippen LogP contribution in [0.15, 0.2) is 48.5 Å². The van der Waals surface area contributed by atoms with E-state index in [2.05, 4.69) is 17.6 Å². The molecule has 7 heteroatoms. The number of nitrogens with one attached hydrogen (secondary N) is 2. The molecule has 2 fully saturated rings. The summed E-state index contributed by atoms with van der Waals surface area (Å²) >= 11 is 0. The summed E-state index contributed by atoms with van der Waals surface area (Å²) in [7, 11) is 0. The number of unbranched alkanes of at least 4 members (excludes halogenated alkanes) is 2. The SMILES string of the molecule is CCCCCOc1cc(C(=O)NC(Cc2ccccc2)C(O)CNC2CCCCC2)cc(N2CCCC2=O)c1. The first-order valence-electron chi connectivity index (χ1n) is 14.9. The maximum atomic E-state index is 13.6. The average Bonchev–Trinajstić information content (AvgIpc) is 3.40. The van der Waals surface area contributed by atoms with Crippen molar-refractivity contribution in [3.8, 4) is 5.75 Å². The minimum absolute atomic E-state index is 0.0654. The Morgan fingerprint density at radius 3 is 2.59 bits per heavy atom. The third-order valence-electron chi connectivity index (χ3n) is 7.86. The normalized spacial score (nSPS) is 17.7. The zero-order valence-corrected chi connectivity index (χ0v) is 23.4. The number of rotatable bonds is 14. The summed E-state index contributed by atoms with van der Waals surface area (Å²) in [6, 6.07) is 15.3. The van der Waals surface area contributed by atoms with Crippen molar-refractivity contribution in [2.24, 2.45) is 0 Å². The van der Waals surface area contributed by atoms with Gasteiger partial charge >= 0.3 is 0 Å². The predicted octanol–water partition coefficient (Wildman–Crippen LogP) is 5.01. The first kappa shape index (κ1) is 29.1. The quantitative estimate of drug-likeness (QED) is 0.296. The lowest BCUT2D eigenvalue weighted by Crippen LogP contribution is -2.50. The Morgan fingerprint density at radius 1 is 1.08 bits per heavy atom. The molecule has 0 radical (unpaired) electrons. The van der Waals surface area contributed by atoms with Gasteiger partial charge in [-0.15, -0.1) is 0 Å². The Kier molecular flexibility index (Phi) is 11.2. The molecule has 4 rings (SSSR count). The molecule has 0 bridgehead atoms. The minimum atomic E-state index is -0.746. The van der Waals surface area contributed by atoms with Crippen molar-refractivity contribution in [3.05, 3.63) is 59.7 Å². The van der Waals surface area contributed by atoms with E-state index in [-0.39, 0.29) is 11.8 Å². The van der Waals surface area contributed by atoms with Crippen molar-refractivity contribution in [1.82, 2.24) is 10.6 Å². The third-order valence-corrected chi connectivity index (χ3v) is 7.86. The van der Waals surface area contributed by atoms with Crippen molar-refractivity contribution in [3.63, 3.8) is 0 Å². The third kappa shape index (κ3) is 8.80. The molecule has 2 aromatic carbocycles. The largest absolute Gasteiger partial charge is 0.493 e. The number of ether oxygens (including phenoxy) is 1. The van der Waals surface area contributed by atoms with E-state index in [9.17, 15) is 14.7 Å². The molecule has 7 nitrogen and oxygen atoms in total. The zero-order chi connectivity index (χ0) is 27.5. The molecule has 39 heavy (non-hydrogen) atoms. The molecule has 2 unspecified atom stereocenters. The van der Waals surface area contributed by atoms with Gasteiger partial charge in [0.05, 0.1) is 18.8 Å². The fraction of sp³-hybridized carbons (Fsp3) is 0.562.